The summed E-state index contributed by atoms with van der Waals surface area (Å²) in [5.41, 5.74) is 0.962. The van der Waals surface area contributed by atoms with Crippen molar-refractivity contribution in [1.82, 2.24) is 5.32 Å². The summed E-state index contributed by atoms with van der Waals surface area (Å²) in [5, 5.41) is 14.1. The lowest BCUT2D eigenvalue weighted by Gasteiger charge is -2.45. The number of aliphatic hydroxyl groups is 1. The maximum Gasteiger partial charge on any atom is 0.309 e. The van der Waals surface area contributed by atoms with Crippen LogP contribution in [-0.2, 0) is 23.8 Å². The molecule has 0 aromatic carbocycles. The first-order valence-corrected chi connectivity index (χ1v) is 12.8. The van der Waals surface area contributed by atoms with Crippen LogP contribution in [0.15, 0.2) is 23.3 Å². The van der Waals surface area contributed by atoms with Gasteiger partial charge in [-0.15, -0.1) is 0 Å². The van der Waals surface area contributed by atoms with Gasteiger partial charge in [0.1, 0.15) is 12.2 Å². The van der Waals surface area contributed by atoms with Crippen molar-refractivity contribution in [3.05, 3.63) is 23.3 Å². The van der Waals surface area contributed by atoms with Crippen molar-refractivity contribution in [3.63, 3.8) is 0 Å². The molecule has 7 heteroatoms. The number of hydrogen-bond donors (Lipinski definition) is 2. The zero-order chi connectivity index (χ0) is 25.0. The largest absolute Gasteiger partial charge is 0.447 e. The van der Waals surface area contributed by atoms with E-state index >= 15 is 0 Å². The average Bonchev–Trinajstić information content (AvgIpc) is 3.16. The van der Waals surface area contributed by atoms with Gasteiger partial charge in [-0.05, 0) is 58.8 Å². The third kappa shape index (κ3) is 4.47. The van der Waals surface area contributed by atoms with Crippen LogP contribution in [0.3, 0.4) is 0 Å². The molecule has 2 N–H and O–H groups in total. The molecule has 0 bridgehead atoms. The SMILES string of the molecule is CC1=C[C@@H]2/C=C(/C)CC[C@H](O)[C@@H]3OC(C)(C)O[C@@H]3CC(=O)O[C@]23C(=O)N[C@H](CC(C)C)[C@H]3[C@@H]1C. The Hall–Kier alpha value is -1.70. The second-order valence-electron chi connectivity index (χ2n) is 11.7. The van der Waals surface area contributed by atoms with Crippen LogP contribution in [0.25, 0.3) is 0 Å². The van der Waals surface area contributed by atoms with E-state index in [9.17, 15) is 14.7 Å². The fourth-order valence-electron chi connectivity index (χ4n) is 6.50. The van der Waals surface area contributed by atoms with Crippen LogP contribution in [0.5, 0.6) is 0 Å². The lowest BCUT2D eigenvalue weighted by Crippen LogP contribution is -2.56. The van der Waals surface area contributed by atoms with E-state index in [2.05, 4.69) is 45.2 Å². The monoisotopic (exact) mass is 475 g/mol. The number of hydrogen-bond acceptors (Lipinski definition) is 6. The molecule has 1 aliphatic carbocycles. The van der Waals surface area contributed by atoms with Crippen LogP contribution < -0.4 is 5.32 Å². The molecule has 34 heavy (non-hydrogen) atoms. The molecule has 3 aliphatic heterocycles. The molecular weight excluding hydrogens is 434 g/mol. The van der Waals surface area contributed by atoms with E-state index in [0.717, 1.165) is 12.0 Å². The number of esters is 1. The van der Waals surface area contributed by atoms with E-state index < -0.39 is 35.7 Å². The first-order chi connectivity index (χ1) is 15.8. The fraction of sp³-hybridized carbons (Fsp3) is 0.778. The van der Waals surface area contributed by atoms with Crippen molar-refractivity contribution in [1.29, 1.82) is 0 Å². The standard InChI is InChI=1S/C27H41NO6/c1-14(2)10-19-23-17(5)16(4)12-18-11-15(3)8-9-20(29)24-21(32-26(6,7)34-24)13-22(30)33-27(18,23)25(31)28-19/h11-12,14,17-21,23-24,29H,8-10,13H2,1-7H3,(H,28,31)/b15-11-/t17-,18+,19-,20+,21-,23-,24+,27-/m1/s1. The minimum absolute atomic E-state index is 0.0670. The van der Waals surface area contributed by atoms with Crippen molar-refractivity contribution in [2.24, 2.45) is 23.7 Å². The molecule has 0 radical (unpaired) electrons. The van der Waals surface area contributed by atoms with Crippen LogP contribution in [0.4, 0.5) is 0 Å². The Labute approximate surface area is 203 Å². The number of nitrogens with one attached hydrogen (secondary N) is 1. The molecule has 1 amide bonds. The third-order valence-corrected chi connectivity index (χ3v) is 8.07. The molecule has 0 saturated carbocycles. The molecule has 4 aliphatic rings. The molecule has 7 nitrogen and oxygen atoms in total. The Morgan fingerprint density at radius 3 is 2.56 bits per heavy atom. The second-order valence-corrected chi connectivity index (χ2v) is 11.7. The van der Waals surface area contributed by atoms with Crippen molar-refractivity contribution >= 4 is 11.9 Å². The van der Waals surface area contributed by atoms with E-state index in [1.165, 1.54) is 5.57 Å². The highest BCUT2D eigenvalue weighted by Gasteiger charge is 2.64. The Morgan fingerprint density at radius 2 is 1.88 bits per heavy atom. The lowest BCUT2D eigenvalue weighted by atomic mass is 9.63. The molecular formula is C27H41NO6. The summed E-state index contributed by atoms with van der Waals surface area (Å²) in [6.07, 6.45) is 4.02. The van der Waals surface area contributed by atoms with Crippen LogP contribution in [0, 0.1) is 23.7 Å². The summed E-state index contributed by atoms with van der Waals surface area (Å²) in [6, 6.07) is -0.0670. The molecule has 0 aromatic heterocycles. The average molecular weight is 476 g/mol. The Balaban J connectivity index is 1.78. The first-order valence-electron chi connectivity index (χ1n) is 12.8. The number of fused-ring (bicyclic) bond motifs is 1. The van der Waals surface area contributed by atoms with Crippen LogP contribution in [-0.4, -0.2) is 52.7 Å². The fourth-order valence-corrected chi connectivity index (χ4v) is 6.50. The van der Waals surface area contributed by atoms with Crippen molar-refractivity contribution in [2.45, 2.75) is 110 Å². The zero-order valence-electron chi connectivity index (χ0n) is 21.6. The van der Waals surface area contributed by atoms with Gasteiger partial charge in [0.05, 0.1) is 12.5 Å². The summed E-state index contributed by atoms with van der Waals surface area (Å²) in [5.74, 6) is -1.65. The highest BCUT2D eigenvalue weighted by molar-refractivity contribution is 5.92. The number of carbonyl (C=O) groups is 2. The summed E-state index contributed by atoms with van der Waals surface area (Å²) in [4.78, 5) is 27.2. The first kappa shape index (κ1) is 25.4. The van der Waals surface area contributed by atoms with Gasteiger partial charge in [0.25, 0.3) is 5.91 Å². The van der Waals surface area contributed by atoms with Crippen molar-refractivity contribution < 1.29 is 28.9 Å². The smallest absolute Gasteiger partial charge is 0.309 e. The molecule has 2 fully saturated rings. The second kappa shape index (κ2) is 9.07. The molecule has 4 rings (SSSR count). The maximum atomic E-state index is 13.7. The quantitative estimate of drug-likeness (QED) is 0.468. The van der Waals surface area contributed by atoms with Gasteiger partial charge in [-0.1, -0.05) is 44.1 Å². The number of carbonyl (C=O) groups excluding carboxylic acids is 2. The highest BCUT2D eigenvalue weighted by atomic mass is 16.8. The van der Waals surface area contributed by atoms with Gasteiger partial charge in [0, 0.05) is 17.9 Å². The molecule has 0 unspecified atom stereocenters. The van der Waals surface area contributed by atoms with E-state index in [-0.39, 0.29) is 36.1 Å². The maximum absolute atomic E-state index is 13.7. The predicted octanol–water partition coefficient (Wildman–Crippen LogP) is 3.65. The highest BCUT2D eigenvalue weighted by Crippen LogP contribution is 2.51. The Bertz CT molecular complexity index is 892. The minimum atomic E-state index is -1.29. The molecule has 0 aromatic rings. The van der Waals surface area contributed by atoms with E-state index in [1.54, 1.807) is 13.8 Å². The lowest BCUT2D eigenvalue weighted by molar-refractivity contribution is -0.180. The Morgan fingerprint density at radius 1 is 1.18 bits per heavy atom. The van der Waals surface area contributed by atoms with Crippen LogP contribution in [0.1, 0.15) is 74.1 Å². The normalized spacial score (nSPS) is 43.9. The van der Waals surface area contributed by atoms with Crippen LogP contribution in [0.2, 0.25) is 0 Å². The molecule has 190 valence electrons. The molecule has 8 atom stereocenters. The summed E-state index contributed by atoms with van der Waals surface area (Å²) < 4.78 is 18.3. The van der Waals surface area contributed by atoms with Gasteiger partial charge in [-0.2, -0.15) is 0 Å². The van der Waals surface area contributed by atoms with Gasteiger partial charge < -0.3 is 24.6 Å². The summed E-state index contributed by atoms with van der Waals surface area (Å²) in [7, 11) is 0. The van der Waals surface area contributed by atoms with Crippen LogP contribution >= 0.6 is 0 Å². The van der Waals surface area contributed by atoms with Crippen molar-refractivity contribution in [2.75, 3.05) is 0 Å². The number of ether oxygens (including phenoxy) is 3. The third-order valence-electron chi connectivity index (χ3n) is 8.07. The number of rotatable bonds is 2. The number of amides is 1. The van der Waals surface area contributed by atoms with E-state index in [4.69, 9.17) is 14.2 Å². The molecule has 2 saturated heterocycles. The van der Waals surface area contributed by atoms with Gasteiger partial charge in [0.15, 0.2) is 5.79 Å². The molecule has 1 spiro atoms. The zero-order valence-corrected chi connectivity index (χ0v) is 21.6. The number of aliphatic hydroxyl groups excluding tert-OH is 1. The Kier molecular flexibility index (Phi) is 6.77. The van der Waals surface area contributed by atoms with Crippen molar-refractivity contribution in [3.8, 4) is 0 Å². The van der Waals surface area contributed by atoms with Gasteiger partial charge in [-0.25, -0.2) is 0 Å². The predicted molar refractivity (Wildman–Crippen MR) is 128 cm³/mol. The van der Waals surface area contributed by atoms with Gasteiger partial charge in [-0.3, -0.25) is 9.59 Å². The summed E-state index contributed by atoms with van der Waals surface area (Å²) >= 11 is 0. The number of allylic oxidation sites excluding steroid dienone is 2. The van der Waals surface area contributed by atoms with Gasteiger partial charge in [0.2, 0.25) is 5.60 Å². The van der Waals surface area contributed by atoms with Gasteiger partial charge >= 0.3 is 5.97 Å². The molecule has 3 heterocycles. The topological polar surface area (TPSA) is 94.1 Å². The summed E-state index contributed by atoms with van der Waals surface area (Å²) in [6.45, 7) is 14.1. The van der Waals surface area contributed by atoms with E-state index in [1.807, 2.05) is 6.92 Å². The van der Waals surface area contributed by atoms with E-state index in [0.29, 0.717) is 18.8 Å². The minimum Gasteiger partial charge on any atom is -0.447 e.